The van der Waals surface area contributed by atoms with Gasteiger partial charge in [-0.3, -0.25) is 9.59 Å². The van der Waals surface area contributed by atoms with E-state index in [1.54, 1.807) is 24.3 Å². The molecule has 0 aromatic heterocycles. The molecule has 1 unspecified atom stereocenters. The topological polar surface area (TPSA) is 74.6 Å². The number of carbonyl (C=O) groups is 2. The second kappa shape index (κ2) is 8.32. The van der Waals surface area contributed by atoms with Gasteiger partial charge in [-0.1, -0.05) is 30.3 Å². The maximum atomic E-state index is 10.8. The summed E-state index contributed by atoms with van der Waals surface area (Å²) in [7, 11) is 0. The third kappa shape index (κ3) is 6.07. The van der Waals surface area contributed by atoms with Crippen LogP contribution in [0.1, 0.15) is 12.0 Å². The molecule has 82 valence electrons. The van der Waals surface area contributed by atoms with Crippen molar-refractivity contribution in [3.63, 3.8) is 0 Å². The van der Waals surface area contributed by atoms with E-state index < -0.39 is 17.9 Å². The molecule has 0 aliphatic carbocycles. The number of carboxylic acid groups (broad SMARTS) is 2. The molecule has 0 bridgehead atoms. The van der Waals surface area contributed by atoms with Crippen LogP contribution < -0.4 is 0 Å². The zero-order valence-electron chi connectivity index (χ0n) is 8.09. The van der Waals surface area contributed by atoms with Crippen LogP contribution in [0.3, 0.4) is 0 Å². The van der Waals surface area contributed by atoms with Crippen molar-refractivity contribution in [2.75, 3.05) is 0 Å². The number of hydrogen-bond acceptors (Lipinski definition) is 2. The number of hydrogen-bond donors (Lipinski definition) is 2. The molecule has 0 radical (unpaired) electrons. The Morgan fingerprint density at radius 2 is 1.69 bits per heavy atom. The van der Waals surface area contributed by atoms with Crippen molar-refractivity contribution in [2.45, 2.75) is 12.8 Å². The van der Waals surface area contributed by atoms with Crippen LogP contribution in [0.25, 0.3) is 0 Å². The molecule has 1 aromatic rings. The molecule has 4 nitrogen and oxygen atoms in total. The molecule has 0 saturated carbocycles. The van der Waals surface area contributed by atoms with Gasteiger partial charge in [0.15, 0.2) is 0 Å². The Balaban J connectivity index is 0.00000225. The summed E-state index contributed by atoms with van der Waals surface area (Å²) in [5.74, 6) is -3.01. The predicted octanol–water partition coefficient (Wildman–Crippen LogP) is 0.756. The first kappa shape index (κ1) is 16.2. The van der Waals surface area contributed by atoms with Gasteiger partial charge in [-0.25, -0.2) is 0 Å². The molecule has 1 aromatic carbocycles. The summed E-state index contributed by atoms with van der Waals surface area (Å²) in [5, 5.41) is 17.4. The van der Waals surface area contributed by atoms with E-state index in [1.165, 1.54) is 0 Å². The zero-order valence-corrected chi connectivity index (χ0v) is 8.09. The molecule has 1 rings (SSSR count). The van der Waals surface area contributed by atoms with Crippen LogP contribution in [-0.4, -0.2) is 91.0 Å². The average Bonchev–Trinajstić information content (AvgIpc) is 2.17. The standard InChI is InChI=1S/C11H12O4.Cs.H/c12-10(13)7-9(11(14)15)6-8-4-2-1-3-5-8;;/h1-5,9H,6-7H2,(H,12,13)(H,14,15);;. The van der Waals surface area contributed by atoms with Crippen molar-refractivity contribution in [3.8, 4) is 0 Å². The van der Waals surface area contributed by atoms with Gasteiger partial charge in [0.25, 0.3) is 0 Å². The summed E-state index contributed by atoms with van der Waals surface area (Å²) in [6, 6.07) is 9.01. The van der Waals surface area contributed by atoms with E-state index in [1.807, 2.05) is 6.07 Å². The molecule has 5 heteroatoms. The van der Waals surface area contributed by atoms with Crippen LogP contribution in [0.15, 0.2) is 30.3 Å². The monoisotopic (exact) mass is 342 g/mol. The predicted molar refractivity (Wildman–Crippen MR) is 60.7 cm³/mol. The van der Waals surface area contributed by atoms with Crippen molar-refractivity contribution in [1.82, 2.24) is 0 Å². The maximum absolute atomic E-state index is 10.8. The van der Waals surface area contributed by atoms with Crippen molar-refractivity contribution < 1.29 is 19.8 Å². The molecule has 0 saturated heterocycles. The van der Waals surface area contributed by atoms with Crippen molar-refractivity contribution >= 4 is 80.8 Å². The first-order chi connectivity index (χ1) is 7.09. The first-order valence-electron chi connectivity index (χ1n) is 4.58. The Morgan fingerprint density at radius 3 is 2.12 bits per heavy atom. The van der Waals surface area contributed by atoms with E-state index in [9.17, 15) is 9.59 Å². The fraction of sp³-hybridized carbons (Fsp3) is 0.273. The quantitative estimate of drug-likeness (QED) is 0.829. The Morgan fingerprint density at radius 1 is 1.12 bits per heavy atom. The molecule has 0 amide bonds. The van der Waals surface area contributed by atoms with Gasteiger partial charge in [-0.2, -0.15) is 0 Å². The Hall–Kier alpha value is 0.212. The van der Waals surface area contributed by atoms with Crippen LogP contribution in [0.2, 0.25) is 0 Å². The molecule has 2 N–H and O–H groups in total. The zero-order chi connectivity index (χ0) is 11.3. The van der Waals surface area contributed by atoms with Gasteiger partial charge in [0, 0.05) is 0 Å². The Bertz CT molecular complexity index is 350. The third-order valence-electron chi connectivity index (χ3n) is 2.10. The normalized spacial score (nSPS) is 11.2. The Labute approximate surface area is 152 Å². The fourth-order valence-electron chi connectivity index (χ4n) is 1.36. The minimum absolute atomic E-state index is 0. The van der Waals surface area contributed by atoms with E-state index in [0.29, 0.717) is 0 Å². The minimum atomic E-state index is -1.08. The van der Waals surface area contributed by atoms with Crippen molar-refractivity contribution in [2.24, 2.45) is 5.92 Å². The summed E-state index contributed by atoms with van der Waals surface area (Å²) in [5.41, 5.74) is 0.839. The fourth-order valence-corrected chi connectivity index (χ4v) is 1.36. The molecular formula is C11H13CsO4. The SMILES string of the molecule is O=C(O)CC(Cc1ccccc1)C(=O)O.[CsH]. The summed E-state index contributed by atoms with van der Waals surface area (Å²) < 4.78 is 0. The van der Waals surface area contributed by atoms with Gasteiger partial charge < -0.3 is 10.2 Å². The molecular weight excluding hydrogens is 329 g/mol. The summed E-state index contributed by atoms with van der Waals surface area (Å²) >= 11 is 0. The van der Waals surface area contributed by atoms with Crippen LogP contribution in [-0.2, 0) is 16.0 Å². The van der Waals surface area contributed by atoms with Crippen LogP contribution in [0.5, 0.6) is 0 Å². The van der Waals surface area contributed by atoms with Crippen LogP contribution >= 0.6 is 0 Å². The van der Waals surface area contributed by atoms with Gasteiger partial charge in [0.1, 0.15) is 0 Å². The van der Waals surface area contributed by atoms with Crippen molar-refractivity contribution in [1.29, 1.82) is 0 Å². The summed E-state index contributed by atoms with van der Waals surface area (Å²) in [4.78, 5) is 21.2. The van der Waals surface area contributed by atoms with Gasteiger partial charge in [0.05, 0.1) is 12.3 Å². The molecule has 1 atom stereocenters. The van der Waals surface area contributed by atoms with E-state index in [4.69, 9.17) is 10.2 Å². The van der Waals surface area contributed by atoms with Crippen LogP contribution in [0.4, 0.5) is 0 Å². The Kier molecular flexibility index (Phi) is 8.43. The van der Waals surface area contributed by atoms with E-state index in [0.717, 1.165) is 5.56 Å². The van der Waals surface area contributed by atoms with E-state index in [2.05, 4.69) is 0 Å². The average molecular weight is 342 g/mol. The second-order valence-corrected chi connectivity index (χ2v) is 3.32. The number of carboxylic acids is 2. The third-order valence-corrected chi connectivity index (χ3v) is 2.10. The number of rotatable bonds is 5. The molecule has 0 aliphatic rings. The number of aliphatic carboxylic acids is 2. The van der Waals surface area contributed by atoms with E-state index in [-0.39, 0.29) is 81.7 Å². The molecule has 0 fully saturated rings. The summed E-state index contributed by atoms with van der Waals surface area (Å²) in [6.45, 7) is 0. The molecule has 0 heterocycles. The first-order valence-corrected chi connectivity index (χ1v) is 4.58. The molecule has 0 aliphatic heterocycles. The van der Waals surface area contributed by atoms with Crippen molar-refractivity contribution in [3.05, 3.63) is 35.9 Å². The van der Waals surface area contributed by atoms with Gasteiger partial charge >= 0.3 is 80.8 Å². The van der Waals surface area contributed by atoms with E-state index >= 15 is 0 Å². The summed E-state index contributed by atoms with van der Waals surface area (Å²) in [6.07, 6.45) is -0.0906. The number of benzene rings is 1. The van der Waals surface area contributed by atoms with Crippen LogP contribution in [0, 0.1) is 5.92 Å². The van der Waals surface area contributed by atoms with Gasteiger partial charge in [-0.05, 0) is 12.0 Å². The molecule has 16 heavy (non-hydrogen) atoms. The van der Waals surface area contributed by atoms with Gasteiger partial charge in [-0.15, -0.1) is 0 Å². The molecule has 0 spiro atoms. The van der Waals surface area contributed by atoms with Gasteiger partial charge in [0.2, 0.25) is 0 Å². The second-order valence-electron chi connectivity index (χ2n) is 3.32.